The van der Waals surface area contributed by atoms with Crippen LogP contribution in [0.1, 0.15) is 32.2 Å². The van der Waals surface area contributed by atoms with Crippen molar-refractivity contribution in [3.8, 4) is 17.3 Å². The summed E-state index contributed by atoms with van der Waals surface area (Å²) in [6.07, 6.45) is 0. The fraction of sp³-hybridized carbons (Fsp3) is 0.364. The smallest absolute Gasteiger partial charge is 0.358 e. The van der Waals surface area contributed by atoms with E-state index in [-0.39, 0.29) is 39.6 Å². The Hall–Kier alpha value is -2.04. The van der Waals surface area contributed by atoms with Gasteiger partial charge in [0.1, 0.15) is 29.8 Å². The number of para-hydroxylation sites is 1. The summed E-state index contributed by atoms with van der Waals surface area (Å²) in [4.78, 5) is 4.31. The van der Waals surface area contributed by atoms with Gasteiger partial charge in [0.15, 0.2) is 8.32 Å². The largest absolute Gasteiger partial charge is 0.452 e. The molecule has 0 unspecified atom stereocenters. The minimum Gasteiger partial charge on any atom is -0.452 e. The average molecular weight is 527 g/mol. The SMILES string of the molecule is CC(C)(C)[Si](C)(C)OCc1nnc(-c2nc(Cl)c(Cl)cc2COC(=S)Oc2ccccc2)o1. The quantitative estimate of drug-likeness (QED) is 0.188. The lowest BCUT2D eigenvalue weighted by atomic mass is 10.2. The Morgan fingerprint density at radius 2 is 1.79 bits per heavy atom. The number of halogens is 2. The van der Waals surface area contributed by atoms with Crippen molar-refractivity contribution in [2.45, 2.75) is 52.1 Å². The maximum absolute atomic E-state index is 6.17. The first kappa shape index (κ1) is 25.6. The van der Waals surface area contributed by atoms with E-state index in [1.54, 1.807) is 18.2 Å². The summed E-state index contributed by atoms with van der Waals surface area (Å²) < 4.78 is 23.0. The minimum absolute atomic E-state index is 0.0169. The van der Waals surface area contributed by atoms with Gasteiger partial charge in [-0.05, 0) is 36.3 Å². The molecule has 0 radical (unpaired) electrons. The molecule has 1 aromatic carbocycles. The molecule has 0 amide bonds. The van der Waals surface area contributed by atoms with Crippen molar-refractivity contribution in [3.63, 3.8) is 0 Å². The summed E-state index contributed by atoms with van der Waals surface area (Å²) in [5, 5.41) is 8.58. The van der Waals surface area contributed by atoms with E-state index in [9.17, 15) is 0 Å². The summed E-state index contributed by atoms with van der Waals surface area (Å²) in [5.41, 5.74) is 0.905. The van der Waals surface area contributed by atoms with Crippen LogP contribution in [0.5, 0.6) is 5.75 Å². The zero-order valence-corrected chi connectivity index (χ0v) is 22.3. The van der Waals surface area contributed by atoms with Crippen LogP contribution in [0.4, 0.5) is 0 Å². The Labute approximate surface area is 209 Å². The van der Waals surface area contributed by atoms with Crippen LogP contribution in [0.2, 0.25) is 28.3 Å². The van der Waals surface area contributed by atoms with Gasteiger partial charge in [-0.15, -0.1) is 10.2 Å². The molecular formula is C22H25Cl2N3O4SSi. The lowest BCUT2D eigenvalue weighted by molar-refractivity contribution is 0.236. The molecule has 0 bridgehead atoms. The van der Waals surface area contributed by atoms with Gasteiger partial charge in [-0.2, -0.15) is 0 Å². The molecule has 0 atom stereocenters. The predicted molar refractivity (Wildman–Crippen MR) is 134 cm³/mol. The van der Waals surface area contributed by atoms with E-state index in [4.69, 9.17) is 53.7 Å². The zero-order valence-electron chi connectivity index (χ0n) is 19.0. The summed E-state index contributed by atoms with van der Waals surface area (Å²) in [5.74, 6) is 1.09. The Bertz CT molecular complexity index is 1120. The van der Waals surface area contributed by atoms with Crippen LogP contribution in [0.3, 0.4) is 0 Å². The third kappa shape index (κ3) is 6.74. The molecule has 0 saturated heterocycles. The molecule has 0 aliphatic carbocycles. The molecule has 176 valence electrons. The van der Waals surface area contributed by atoms with Gasteiger partial charge in [0.25, 0.3) is 5.89 Å². The predicted octanol–water partition coefficient (Wildman–Crippen LogP) is 6.84. The second kappa shape index (κ2) is 10.5. The Morgan fingerprint density at radius 3 is 2.45 bits per heavy atom. The van der Waals surface area contributed by atoms with Gasteiger partial charge in [-0.1, -0.05) is 62.2 Å². The molecule has 2 aromatic heterocycles. The molecular weight excluding hydrogens is 501 g/mol. The fourth-order valence-electron chi connectivity index (χ4n) is 2.42. The van der Waals surface area contributed by atoms with Crippen LogP contribution in [0.25, 0.3) is 11.6 Å². The highest BCUT2D eigenvalue weighted by atomic mass is 35.5. The van der Waals surface area contributed by atoms with E-state index in [0.717, 1.165) is 0 Å². The monoisotopic (exact) mass is 525 g/mol. The number of hydrogen-bond donors (Lipinski definition) is 0. The molecule has 0 aliphatic rings. The second-order valence-corrected chi connectivity index (χ2v) is 14.7. The first-order valence-electron chi connectivity index (χ1n) is 10.2. The van der Waals surface area contributed by atoms with Crippen molar-refractivity contribution in [1.82, 2.24) is 15.2 Å². The maximum Gasteiger partial charge on any atom is 0.358 e. The van der Waals surface area contributed by atoms with E-state index >= 15 is 0 Å². The molecule has 0 saturated carbocycles. The molecule has 0 fully saturated rings. The highest BCUT2D eigenvalue weighted by Crippen LogP contribution is 2.37. The van der Waals surface area contributed by atoms with Crippen LogP contribution in [-0.2, 0) is 22.4 Å². The van der Waals surface area contributed by atoms with Crippen molar-refractivity contribution in [1.29, 1.82) is 0 Å². The van der Waals surface area contributed by atoms with E-state index < -0.39 is 8.32 Å². The molecule has 3 rings (SSSR count). The summed E-state index contributed by atoms with van der Waals surface area (Å²) in [6, 6.07) is 10.7. The number of pyridine rings is 1. The van der Waals surface area contributed by atoms with Gasteiger partial charge in [0.2, 0.25) is 5.89 Å². The average Bonchev–Trinajstić information content (AvgIpc) is 3.22. The molecule has 33 heavy (non-hydrogen) atoms. The Kier molecular flexibility index (Phi) is 8.12. The van der Waals surface area contributed by atoms with E-state index in [1.807, 2.05) is 18.2 Å². The van der Waals surface area contributed by atoms with E-state index in [0.29, 0.717) is 22.9 Å². The summed E-state index contributed by atoms with van der Waals surface area (Å²) in [6.45, 7) is 11.0. The Morgan fingerprint density at radius 1 is 1.09 bits per heavy atom. The molecule has 0 aliphatic heterocycles. The van der Waals surface area contributed by atoms with Crippen LogP contribution < -0.4 is 4.74 Å². The van der Waals surface area contributed by atoms with Crippen LogP contribution in [0.15, 0.2) is 40.8 Å². The van der Waals surface area contributed by atoms with Crippen molar-refractivity contribution >= 4 is 49.0 Å². The molecule has 2 heterocycles. The summed E-state index contributed by atoms with van der Waals surface area (Å²) in [7, 11) is -1.97. The Balaban J connectivity index is 1.74. The first-order valence-corrected chi connectivity index (χ1v) is 14.2. The summed E-state index contributed by atoms with van der Waals surface area (Å²) >= 11 is 17.5. The second-order valence-electron chi connectivity index (χ2n) is 8.77. The topological polar surface area (TPSA) is 79.5 Å². The fourth-order valence-corrected chi connectivity index (χ4v) is 3.80. The minimum atomic E-state index is -1.97. The number of aromatic nitrogens is 3. The first-order chi connectivity index (χ1) is 15.5. The molecule has 11 heteroatoms. The lowest BCUT2D eigenvalue weighted by Gasteiger charge is -2.35. The zero-order chi connectivity index (χ0) is 24.2. The van der Waals surface area contributed by atoms with Gasteiger partial charge in [0, 0.05) is 17.8 Å². The van der Waals surface area contributed by atoms with Crippen molar-refractivity contribution < 1.29 is 18.3 Å². The van der Waals surface area contributed by atoms with Gasteiger partial charge in [-0.3, -0.25) is 0 Å². The van der Waals surface area contributed by atoms with Crippen molar-refractivity contribution in [2.75, 3.05) is 0 Å². The molecule has 3 aromatic rings. The van der Waals surface area contributed by atoms with Crippen molar-refractivity contribution in [3.05, 3.63) is 58.0 Å². The van der Waals surface area contributed by atoms with Crippen LogP contribution >= 0.6 is 35.4 Å². The van der Waals surface area contributed by atoms with Crippen LogP contribution in [0, 0.1) is 0 Å². The normalized spacial score (nSPS) is 12.0. The van der Waals surface area contributed by atoms with E-state index in [2.05, 4.69) is 49.0 Å². The van der Waals surface area contributed by atoms with E-state index in [1.165, 1.54) is 0 Å². The highest BCUT2D eigenvalue weighted by Gasteiger charge is 2.37. The third-order valence-electron chi connectivity index (χ3n) is 5.33. The van der Waals surface area contributed by atoms with Gasteiger partial charge in [0.05, 0.1) is 5.02 Å². The third-order valence-corrected chi connectivity index (χ3v) is 10.7. The number of benzene rings is 1. The standard InChI is InChI=1S/C22H25Cl2N3O4SSi/c1-22(2,3)33(4,5)29-13-17-26-27-20(31-17)18-14(11-16(23)19(24)25-18)12-28-21(32)30-15-9-7-6-8-10-15/h6-11H,12-13H2,1-5H3. The number of ether oxygens (including phenoxy) is 2. The number of rotatable bonds is 7. The molecule has 0 spiro atoms. The maximum atomic E-state index is 6.17. The molecule has 0 N–H and O–H groups in total. The molecule has 7 nitrogen and oxygen atoms in total. The number of thiocarbonyl (C=S) groups is 1. The van der Waals surface area contributed by atoms with Crippen molar-refractivity contribution in [2.24, 2.45) is 0 Å². The highest BCUT2D eigenvalue weighted by molar-refractivity contribution is 7.79. The van der Waals surface area contributed by atoms with Gasteiger partial charge >= 0.3 is 5.24 Å². The van der Waals surface area contributed by atoms with Gasteiger partial charge < -0.3 is 18.3 Å². The van der Waals surface area contributed by atoms with Gasteiger partial charge in [-0.25, -0.2) is 4.98 Å². The van der Waals surface area contributed by atoms with Crippen LogP contribution in [-0.4, -0.2) is 28.7 Å². The lowest BCUT2D eigenvalue weighted by Crippen LogP contribution is -2.40. The number of hydrogen-bond acceptors (Lipinski definition) is 8. The number of nitrogens with zero attached hydrogens (tertiary/aromatic N) is 3.